The van der Waals surface area contributed by atoms with E-state index in [2.05, 4.69) is 0 Å². The summed E-state index contributed by atoms with van der Waals surface area (Å²) in [7, 11) is 3.36. The van der Waals surface area contributed by atoms with Crippen molar-refractivity contribution in [1.82, 2.24) is 20.7 Å². The molecule has 0 atom stereocenters. The lowest BCUT2D eigenvalue weighted by Gasteiger charge is -2.35. The van der Waals surface area contributed by atoms with Gasteiger partial charge in [0.2, 0.25) is 0 Å². The van der Waals surface area contributed by atoms with Gasteiger partial charge in [0, 0.05) is 14.1 Å². The highest BCUT2D eigenvalue weighted by atomic mass is 16.2. The average molecular weight is 150 g/mol. The summed E-state index contributed by atoms with van der Waals surface area (Å²) in [4.78, 5) is 0. The van der Waals surface area contributed by atoms with Crippen molar-refractivity contribution in [1.29, 1.82) is 0 Å². The molecule has 8 N–H and O–H groups in total. The lowest BCUT2D eigenvalue weighted by molar-refractivity contribution is -0.301. The Hall–Kier alpha value is -0.320. The smallest absolute Gasteiger partial charge is 0.00447 e. The highest BCUT2D eigenvalue weighted by Crippen LogP contribution is 1.86. The van der Waals surface area contributed by atoms with Gasteiger partial charge >= 0.3 is 0 Å². The van der Waals surface area contributed by atoms with Gasteiger partial charge in [-0.3, -0.25) is 0 Å². The standard InChI is InChI=1S/C2H14N8/c1-7(2)10(8(3)4)9(5)6/h3-6H2,1-2H3. The van der Waals surface area contributed by atoms with Crippen molar-refractivity contribution < 1.29 is 0 Å². The van der Waals surface area contributed by atoms with Crippen molar-refractivity contribution in [3.05, 3.63) is 0 Å². The summed E-state index contributed by atoms with van der Waals surface area (Å²) >= 11 is 0. The first-order chi connectivity index (χ1) is 4.46. The van der Waals surface area contributed by atoms with E-state index in [1.165, 1.54) is 5.01 Å². The van der Waals surface area contributed by atoms with E-state index in [0.29, 0.717) is 0 Å². The van der Waals surface area contributed by atoms with Crippen molar-refractivity contribution in [2.75, 3.05) is 14.1 Å². The number of hydrogen-bond acceptors (Lipinski definition) is 8. The van der Waals surface area contributed by atoms with Gasteiger partial charge in [-0.2, -0.15) is 0 Å². The van der Waals surface area contributed by atoms with Crippen molar-refractivity contribution in [3.63, 3.8) is 0 Å². The molecule has 0 rings (SSSR count). The molecule has 8 nitrogen and oxygen atoms in total. The molecule has 0 unspecified atom stereocenters. The molecule has 0 saturated heterocycles. The van der Waals surface area contributed by atoms with Crippen LogP contribution in [0.25, 0.3) is 0 Å². The molecule has 0 spiro atoms. The Morgan fingerprint density at radius 3 is 1.10 bits per heavy atom. The molecule has 0 aliphatic rings. The Balaban J connectivity index is 3.98. The Labute approximate surface area is 59.3 Å². The van der Waals surface area contributed by atoms with Gasteiger partial charge in [0.15, 0.2) is 0 Å². The van der Waals surface area contributed by atoms with Gasteiger partial charge in [-0.05, 0) is 5.23 Å². The zero-order valence-electron chi connectivity index (χ0n) is 6.10. The molecule has 0 amide bonds. The summed E-state index contributed by atoms with van der Waals surface area (Å²) in [6, 6.07) is 0. The van der Waals surface area contributed by atoms with Crippen LogP contribution in [0.15, 0.2) is 0 Å². The normalized spacial score (nSPS) is 12.6. The third kappa shape index (κ3) is 2.51. The molecule has 8 heteroatoms. The quantitative estimate of drug-likeness (QED) is 0.244. The van der Waals surface area contributed by atoms with Gasteiger partial charge in [0.1, 0.15) is 0 Å². The first-order valence-corrected chi connectivity index (χ1v) is 2.53. The van der Waals surface area contributed by atoms with Crippen LogP contribution < -0.4 is 23.4 Å². The second-order valence-electron chi connectivity index (χ2n) is 1.88. The van der Waals surface area contributed by atoms with E-state index < -0.39 is 0 Å². The van der Waals surface area contributed by atoms with E-state index in [0.717, 1.165) is 15.7 Å². The molecule has 0 fully saturated rings. The third-order valence-electron chi connectivity index (χ3n) is 0.771. The van der Waals surface area contributed by atoms with Crippen molar-refractivity contribution >= 4 is 0 Å². The summed E-state index contributed by atoms with van der Waals surface area (Å²) in [5.41, 5.74) is 0. The van der Waals surface area contributed by atoms with Crippen LogP contribution in [0.5, 0.6) is 0 Å². The van der Waals surface area contributed by atoms with Gasteiger partial charge in [-0.25, -0.2) is 28.4 Å². The lowest BCUT2D eigenvalue weighted by atomic mass is 11.2. The van der Waals surface area contributed by atoms with E-state index in [1.807, 2.05) is 0 Å². The fraction of sp³-hybridized carbons (Fsp3) is 1.00. The van der Waals surface area contributed by atoms with Crippen LogP contribution in [0.2, 0.25) is 0 Å². The largest absolute Gasteiger partial charge is 0.238 e. The maximum atomic E-state index is 5.13. The molecule has 0 aromatic heterocycles. The Morgan fingerprint density at radius 1 is 0.800 bits per heavy atom. The second-order valence-corrected chi connectivity index (χ2v) is 1.88. The first kappa shape index (κ1) is 9.68. The lowest BCUT2D eigenvalue weighted by Crippen LogP contribution is -2.68. The van der Waals surface area contributed by atoms with Gasteiger partial charge < -0.3 is 0 Å². The molecule has 0 aromatic rings. The molecular weight excluding hydrogens is 136 g/mol. The molecule has 0 bridgehead atoms. The monoisotopic (exact) mass is 150 g/mol. The Bertz CT molecular complexity index is 68.2. The van der Waals surface area contributed by atoms with Gasteiger partial charge in [-0.1, -0.05) is 10.5 Å². The van der Waals surface area contributed by atoms with Crippen molar-refractivity contribution in [2.24, 2.45) is 23.4 Å². The highest BCUT2D eigenvalue weighted by molar-refractivity contribution is 4.24. The van der Waals surface area contributed by atoms with E-state index in [9.17, 15) is 0 Å². The molecule has 0 aromatic carbocycles. The summed E-state index contributed by atoms with van der Waals surface area (Å²) < 4.78 is 0. The number of hydrazine groups is 7. The first-order valence-electron chi connectivity index (χ1n) is 2.53. The zero-order valence-corrected chi connectivity index (χ0v) is 6.10. The van der Waals surface area contributed by atoms with Crippen LogP contribution in [0.1, 0.15) is 0 Å². The highest BCUT2D eigenvalue weighted by Gasteiger charge is 2.13. The van der Waals surface area contributed by atoms with Crippen LogP contribution in [0.3, 0.4) is 0 Å². The molecule has 10 heavy (non-hydrogen) atoms. The van der Waals surface area contributed by atoms with Crippen LogP contribution in [0.4, 0.5) is 0 Å². The molecular formula is C2H14N8. The SMILES string of the molecule is CN(C)N(N(N)N)N(N)N. The maximum absolute atomic E-state index is 5.13. The minimum atomic E-state index is 0.750. The Morgan fingerprint density at radius 2 is 1.10 bits per heavy atom. The predicted molar refractivity (Wildman–Crippen MR) is 36.0 cm³/mol. The molecule has 0 saturated carbocycles. The van der Waals surface area contributed by atoms with Crippen LogP contribution in [0, 0.1) is 0 Å². The van der Waals surface area contributed by atoms with Crippen molar-refractivity contribution in [2.45, 2.75) is 0 Å². The molecule has 0 heterocycles. The van der Waals surface area contributed by atoms with E-state index in [1.54, 1.807) is 14.1 Å². The van der Waals surface area contributed by atoms with Crippen LogP contribution in [-0.4, -0.2) is 34.8 Å². The van der Waals surface area contributed by atoms with Crippen LogP contribution in [-0.2, 0) is 0 Å². The minimum absolute atomic E-state index is 0.750. The number of nitrogens with two attached hydrogens (primary N) is 4. The number of rotatable bonds is 3. The van der Waals surface area contributed by atoms with E-state index in [4.69, 9.17) is 23.4 Å². The molecule has 0 radical (unpaired) electrons. The predicted octanol–water partition coefficient (Wildman–Crippen LogP) is -3.31. The zero-order chi connectivity index (χ0) is 8.31. The maximum Gasteiger partial charge on any atom is 0.00447 e. The van der Waals surface area contributed by atoms with Gasteiger partial charge in [0.25, 0.3) is 0 Å². The molecule has 0 aliphatic carbocycles. The summed E-state index contributed by atoms with van der Waals surface area (Å²) in [6.07, 6.45) is 0. The summed E-state index contributed by atoms with van der Waals surface area (Å²) in [6.45, 7) is 0. The number of hydrogen-bond donors (Lipinski definition) is 4. The summed E-state index contributed by atoms with van der Waals surface area (Å²) in [5.74, 6) is 20.5. The fourth-order valence-electron chi connectivity index (χ4n) is 0.532. The Kier molecular flexibility index (Phi) is 3.63. The third-order valence-corrected chi connectivity index (χ3v) is 0.771. The average Bonchev–Trinajstić information content (AvgIpc) is 1.59. The van der Waals surface area contributed by atoms with Crippen LogP contribution >= 0.6 is 0 Å². The topological polar surface area (TPSA) is 117 Å². The van der Waals surface area contributed by atoms with Gasteiger partial charge in [-0.15, -0.1) is 0 Å². The van der Waals surface area contributed by atoms with E-state index in [-0.39, 0.29) is 0 Å². The fourth-order valence-corrected chi connectivity index (χ4v) is 0.532. The van der Waals surface area contributed by atoms with Gasteiger partial charge in [0.05, 0.1) is 0 Å². The van der Waals surface area contributed by atoms with Crippen molar-refractivity contribution in [3.8, 4) is 0 Å². The number of nitrogens with zero attached hydrogens (tertiary/aromatic N) is 4. The molecule has 62 valence electrons. The van der Waals surface area contributed by atoms with E-state index >= 15 is 0 Å². The minimum Gasteiger partial charge on any atom is -0.238 e. The second kappa shape index (κ2) is 3.75. The molecule has 0 aliphatic heterocycles. The summed E-state index contributed by atoms with van der Waals surface area (Å²) in [5, 5.41) is 4.11.